The van der Waals surface area contributed by atoms with Crippen LogP contribution in [0.5, 0.6) is 0 Å². The fraction of sp³-hybridized carbons (Fsp3) is 0.222. The number of aromatic nitrogens is 3. The first-order valence-corrected chi connectivity index (χ1v) is 11.9. The number of hydrogen-bond donors (Lipinski definition) is 1. The van der Waals surface area contributed by atoms with Crippen molar-refractivity contribution in [2.24, 2.45) is 0 Å². The van der Waals surface area contributed by atoms with Crippen molar-refractivity contribution in [3.63, 3.8) is 0 Å². The zero-order chi connectivity index (χ0) is 27.7. The summed E-state index contributed by atoms with van der Waals surface area (Å²) in [4.78, 5) is 26.2. The highest BCUT2D eigenvalue weighted by Crippen LogP contribution is 2.32. The zero-order valence-corrected chi connectivity index (χ0v) is 21.1. The summed E-state index contributed by atoms with van der Waals surface area (Å²) in [6, 6.07) is 17.1. The Morgan fingerprint density at radius 3 is 2.29 bits per heavy atom. The van der Waals surface area contributed by atoms with Gasteiger partial charge in [0.25, 0.3) is 0 Å². The van der Waals surface area contributed by atoms with Gasteiger partial charge in [-0.15, -0.1) is 5.10 Å². The van der Waals surface area contributed by atoms with Crippen molar-refractivity contribution in [3.05, 3.63) is 111 Å². The summed E-state index contributed by atoms with van der Waals surface area (Å²) in [5.74, 6) is -0.956. The molecule has 1 amide bonds. The third-order valence-electron chi connectivity index (χ3n) is 5.97. The maximum absolute atomic E-state index is 14.4. The van der Waals surface area contributed by atoms with Crippen LogP contribution in [0.3, 0.4) is 0 Å². The minimum Gasteiger partial charge on any atom is -0.346 e. The van der Waals surface area contributed by atoms with Gasteiger partial charge in [-0.25, -0.2) is 13.9 Å². The average molecular weight is 547 g/mol. The molecule has 0 bridgehead atoms. The first kappa shape index (κ1) is 27.1. The number of halogens is 5. The standard InChI is InChI=1S/C27H23ClF4N4O2/c1-26(2,19-7-5-8-20(14-19)27(30,31)32)33-23(37)16-36-25(38)35(15-18-6-3-4-9-22(18)29)24(34-36)17-10-12-21(28)13-11-17/h3-14H,15-16H2,1-2H3,(H,33,37). The Morgan fingerprint density at radius 2 is 1.63 bits per heavy atom. The summed E-state index contributed by atoms with van der Waals surface area (Å²) in [6.45, 7) is 2.46. The molecule has 0 aliphatic rings. The van der Waals surface area contributed by atoms with Gasteiger partial charge in [-0.05, 0) is 61.9 Å². The van der Waals surface area contributed by atoms with Crippen LogP contribution in [0.15, 0.2) is 77.6 Å². The quantitative estimate of drug-likeness (QED) is 0.306. The lowest BCUT2D eigenvalue weighted by Crippen LogP contribution is -2.44. The van der Waals surface area contributed by atoms with Gasteiger partial charge < -0.3 is 5.32 Å². The smallest absolute Gasteiger partial charge is 0.346 e. The number of alkyl halides is 3. The average Bonchev–Trinajstić information content (AvgIpc) is 3.15. The number of rotatable bonds is 7. The van der Waals surface area contributed by atoms with Crippen LogP contribution in [0.1, 0.15) is 30.5 Å². The van der Waals surface area contributed by atoms with Gasteiger partial charge in [0.05, 0.1) is 17.6 Å². The van der Waals surface area contributed by atoms with Gasteiger partial charge in [-0.2, -0.15) is 13.2 Å². The Kier molecular flexibility index (Phi) is 7.46. The predicted octanol–water partition coefficient (Wildman–Crippen LogP) is 5.62. The minimum absolute atomic E-state index is 0.138. The fourth-order valence-electron chi connectivity index (χ4n) is 3.98. The third-order valence-corrected chi connectivity index (χ3v) is 6.22. The number of benzene rings is 3. The number of amides is 1. The number of carbonyl (C=O) groups excluding carboxylic acids is 1. The minimum atomic E-state index is -4.54. The topological polar surface area (TPSA) is 68.9 Å². The van der Waals surface area contributed by atoms with E-state index in [2.05, 4.69) is 10.4 Å². The number of nitrogens with zero attached hydrogens (tertiary/aromatic N) is 3. The normalized spacial score (nSPS) is 12.0. The molecule has 0 fully saturated rings. The van der Waals surface area contributed by atoms with Gasteiger partial charge in [0, 0.05) is 16.1 Å². The molecule has 0 saturated carbocycles. The number of carbonyl (C=O) groups is 1. The fourth-order valence-corrected chi connectivity index (χ4v) is 4.10. The van der Waals surface area contributed by atoms with Gasteiger partial charge >= 0.3 is 11.9 Å². The van der Waals surface area contributed by atoms with Crippen LogP contribution in [0.25, 0.3) is 11.4 Å². The maximum atomic E-state index is 14.4. The van der Waals surface area contributed by atoms with E-state index in [1.54, 1.807) is 44.2 Å². The van der Waals surface area contributed by atoms with Gasteiger partial charge in [-0.1, -0.05) is 41.9 Å². The number of nitrogens with one attached hydrogen (secondary N) is 1. The number of hydrogen-bond acceptors (Lipinski definition) is 3. The summed E-state index contributed by atoms with van der Waals surface area (Å²) in [6.07, 6.45) is -4.54. The largest absolute Gasteiger partial charge is 0.416 e. The SMILES string of the molecule is CC(C)(NC(=O)Cn1nc(-c2ccc(Cl)cc2)n(Cc2ccccc2F)c1=O)c1cccc(C(F)(F)F)c1. The van der Waals surface area contributed by atoms with Crippen molar-refractivity contribution in [2.75, 3.05) is 0 Å². The van der Waals surface area contributed by atoms with Gasteiger partial charge in [-0.3, -0.25) is 9.36 Å². The molecule has 0 saturated heterocycles. The highest BCUT2D eigenvalue weighted by Gasteiger charge is 2.32. The highest BCUT2D eigenvalue weighted by atomic mass is 35.5. The van der Waals surface area contributed by atoms with Crippen LogP contribution in [0.4, 0.5) is 17.6 Å². The lowest BCUT2D eigenvalue weighted by molar-refractivity contribution is -0.137. The molecular weight excluding hydrogens is 524 g/mol. The molecule has 0 aliphatic heterocycles. The van der Waals surface area contributed by atoms with Crippen molar-refractivity contribution >= 4 is 17.5 Å². The summed E-state index contributed by atoms with van der Waals surface area (Å²) < 4.78 is 56.0. The van der Waals surface area contributed by atoms with E-state index in [9.17, 15) is 27.2 Å². The first-order chi connectivity index (χ1) is 17.8. The maximum Gasteiger partial charge on any atom is 0.416 e. The molecule has 0 unspecified atom stereocenters. The Morgan fingerprint density at radius 1 is 0.974 bits per heavy atom. The second kappa shape index (κ2) is 10.4. The molecule has 0 aliphatic carbocycles. The molecule has 1 aromatic heterocycles. The molecule has 198 valence electrons. The molecule has 6 nitrogen and oxygen atoms in total. The zero-order valence-electron chi connectivity index (χ0n) is 20.4. The van der Waals surface area contributed by atoms with E-state index in [4.69, 9.17) is 11.6 Å². The molecule has 11 heteroatoms. The van der Waals surface area contributed by atoms with E-state index in [1.807, 2.05) is 0 Å². The van der Waals surface area contributed by atoms with E-state index in [0.717, 1.165) is 16.8 Å². The second-order valence-electron chi connectivity index (χ2n) is 9.20. The molecule has 4 aromatic rings. The molecule has 0 radical (unpaired) electrons. The first-order valence-electron chi connectivity index (χ1n) is 11.5. The van der Waals surface area contributed by atoms with E-state index in [-0.39, 0.29) is 23.5 Å². The lowest BCUT2D eigenvalue weighted by Gasteiger charge is -2.27. The molecule has 1 heterocycles. The van der Waals surface area contributed by atoms with Crippen LogP contribution in [-0.2, 0) is 29.6 Å². The molecule has 1 N–H and O–H groups in total. The predicted molar refractivity (Wildman–Crippen MR) is 135 cm³/mol. The third kappa shape index (κ3) is 5.96. The van der Waals surface area contributed by atoms with E-state index in [0.29, 0.717) is 10.6 Å². The Hall–Kier alpha value is -3.92. The molecular formula is C27H23ClF4N4O2. The Bertz CT molecular complexity index is 1530. The van der Waals surface area contributed by atoms with E-state index < -0.39 is 41.2 Å². The van der Waals surface area contributed by atoms with Gasteiger partial charge in [0.1, 0.15) is 12.4 Å². The lowest BCUT2D eigenvalue weighted by atomic mass is 9.92. The molecule has 0 atom stereocenters. The van der Waals surface area contributed by atoms with Crippen molar-refractivity contribution < 1.29 is 22.4 Å². The Labute approximate surface area is 220 Å². The highest BCUT2D eigenvalue weighted by molar-refractivity contribution is 6.30. The molecule has 0 spiro atoms. The molecule has 3 aromatic carbocycles. The van der Waals surface area contributed by atoms with Gasteiger partial charge in [0.2, 0.25) is 5.91 Å². The summed E-state index contributed by atoms with van der Waals surface area (Å²) in [5, 5.41) is 7.45. The second-order valence-corrected chi connectivity index (χ2v) is 9.64. The van der Waals surface area contributed by atoms with Crippen LogP contribution in [-0.4, -0.2) is 20.3 Å². The molecule has 38 heavy (non-hydrogen) atoms. The van der Waals surface area contributed by atoms with Gasteiger partial charge in [0.15, 0.2) is 5.82 Å². The van der Waals surface area contributed by atoms with E-state index in [1.165, 1.54) is 34.9 Å². The van der Waals surface area contributed by atoms with Crippen molar-refractivity contribution in [2.45, 2.75) is 38.7 Å². The summed E-state index contributed by atoms with van der Waals surface area (Å²) in [5.41, 5.74) is -1.68. The summed E-state index contributed by atoms with van der Waals surface area (Å²) in [7, 11) is 0. The monoisotopic (exact) mass is 546 g/mol. The molecule has 4 rings (SSSR count). The van der Waals surface area contributed by atoms with Crippen LogP contribution < -0.4 is 11.0 Å². The summed E-state index contributed by atoms with van der Waals surface area (Å²) >= 11 is 5.98. The van der Waals surface area contributed by atoms with Crippen molar-refractivity contribution in [1.82, 2.24) is 19.7 Å². The van der Waals surface area contributed by atoms with Crippen molar-refractivity contribution in [1.29, 1.82) is 0 Å². The van der Waals surface area contributed by atoms with Crippen LogP contribution >= 0.6 is 11.6 Å². The van der Waals surface area contributed by atoms with E-state index >= 15 is 0 Å². The van der Waals surface area contributed by atoms with Crippen LogP contribution in [0.2, 0.25) is 5.02 Å². The Balaban J connectivity index is 1.64. The van der Waals surface area contributed by atoms with Crippen molar-refractivity contribution in [3.8, 4) is 11.4 Å². The van der Waals surface area contributed by atoms with Crippen LogP contribution in [0, 0.1) is 5.82 Å².